The molecule has 1 unspecified atom stereocenters. The molecule has 0 saturated carbocycles. The number of carbonyl (C=O) groups excluding carboxylic acids is 5. The summed E-state index contributed by atoms with van der Waals surface area (Å²) in [6.07, 6.45) is 0.901. The number of nitrogens with zero attached hydrogens (tertiary/aromatic N) is 4. The highest BCUT2D eigenvalue weighted by atomic mass is 16.6. The molecule has 0 aromatic heterocycles. The van der Waals surface area contributed by atoms with Gasteiger partial charge >= 0.3 is 6.09 Å². The highest BCUT2D eigenvalue weighted by Gasteiger charge is 2.41. The number of carbonyl (C=O) groups is 5. The van der Waals surface area contributed by atoms with Crippen LogP contribution >= 0.6 is 0 Å². The molecule has 3 aliphatic rings. The summed E-state index contributed by atoms with van der Waals surface area (Å²) in [6.45, 7) is 10.9. The SMILES string of the molecule is CCOC(=O)N1CCN(C(=O)c2ccccc2NC(=O)C2CCN(C(=O)C3CC(=O)N(C(C)(C)C)C3)CC2)CC1. The van der Waals surface area contributed by atoms with Gasteiger partial charge in [0.1, 0.15) is 0 Å². The van der Waals surface area contributed by atoms with Crippen LogP contribution in [0.3, 0.4) is 0 Å². The van der Waals surface area contributed by atoms with E-state index in [-0.39, 0.29) is 53.5 Å². The van der Waals surface area contributed by atoms with Gasteiger partial charge in [-0.1, -0.05) is 12.1 Å². The Morgan fingerprint density at radius 3 is 2.12 bits per heavy atom. The first-order valence-corrected chi connectivity index (χ1v) is 14.2. The number of likely N-dealkylation sites (tertiary alicyclic amines) is 2. The molecular formula is C29H41N5O6. The lowest BCUT2D eigenvalue weighted by atomic mass is 9.94. The summed E-state index contributed by atoms with van der Waals surface area (Å²) in [4.78, 5) is 70.8. The molecule has 0 radical (unpaired) electrons. The smallest absolute Gasteiger partial charge is 0.409 e. The van der Waals surface area contributed by atoms with Crippen LogP contribution in [-0.4, -0.2) is 107 Å². The van der Waals surface area contributed by atoms with E-state index in [2.05, 4.69) is 5.32 Å². The van der Waals surface area contributed by atoms with Crippen molar-refractivity contribution in [1.29, 1.82) is 0 Å². The van der Waals surface area contributed by atoms with Gasteiger partial charge < -0.3 is 29.7 Å². The quantitative estimate of drug-likeness (QED) is 0.596. The molecule has 40 heavy (non-hydrogen) atoms. The summed E-state index contributed by atoms with van der Waals surface area (Å²) < 4.78 is 5.05. The molecule has 11 heteroatoms. The standard InChI is InChI=1S/C29H41N5O6/c1-5-40-28(39)33-16-14-32(15-17-33)27(38)22-8-6-7-9-23(22)30-25(36)20-10-12-31(13-11-20)26(37)21-18-24(35)34(19-21)29(2,3)4/h6-9,20-21H,5,10-19H2,1-4H3,(H,30,36). The fourth-order valence-corrected chi connectivity index (χ4v) is 5.63. The Morgan fingerprint density at radius 2 is 1.52 bits per heavy atom. The van der Waals surface area contributed by atoms with Crippen LogP contribution in [0.4, 0.5) is 10.5 Å². The summed E-state index contributed by atoms with van der Waals surface area (Å²) in [5.74, 6) is -0.998. The van der Waals surface area contributed by atoms with Crippen molar-refractivity contribution in [2.75, 3.05) is 57.7 Å². The number of piperidine rings is 1. The lowest BCUT2D eigenvalue weighted by molar-refractivity contribution is -0.138. The Balaban J connectivity index is 1.30. The normalized spacial score (nSPS) is 20.5. The van der Waals surface area contributed by atoms with Crippen LogP contribution < -0.4 is 5.32 Å². The molecule has 5 amide bonds. The molecule has 11 nitrogen and oxygen atoms in total. The van der Waals surface area contributed by atoms with Crippen molar-refractivity contribution in [2.24, 2.45) is 11.8 Å². The molecule has 4 rings (SSSR count). The van der Waals surface area contributed by atoms with Gasteiger partial charge in [0.15, 0.2) is 0 Å². The topological polar surface area (TPSA) is 120 Å². The van der Waals surface area contributed by atoms with Crippen molar-refractivity contribution in [1.82, 2.24) is 19.6 Å². The second-order valence-corrected chi connectivity index (χ2v) is 11.7. The zero-order valence-electron chi connectivity index (χ0n) is 24.0. The molecule has 0 bridgehead atoms. The van der Waals surface area contributed by atoms with E-state index in [1.807, 2.05) is 20.8 Å². The van der Waals surface area contributed by atoms with E-state index in [1.54, 1.807) is 50.8 Å². The third-order valence-electron chi connectivity index (χ3n) is 7.97. The van der Waals surface area contributed by atoms with Crippen molar-refractivity contribution in [3.05, 3.63) is 29.8 Å². The lowest BCUT2D eigenvalue weighted by Gasteiger charge is -2.35. The maximum Gasteiger partial charge on any atom is 0.409 e. The molecule has 3 fully saturated rings. The van der Waals surface area contributed by atoms with E-state index < -0.39 is 0 Å². The molecule has 3 aliphatic heterocycles. The van der Waals surface area contributed by atoms with E-state index in [0.717, 1.165) is 0 Å². The van der Waals surface area contributed by atoms with E-state index >= 15 is 0 Å². The fourth-order valence-electron chi connectivity index (χ4n) is 5.63. The van der Waals surface area contributed by atoms with E-state index in [4.69, 9.17) is 4.74 Å². The average Bonchev–Trinajstić information content (AvgIpc) is 3.35. The van der Waals surface area contributed by atoms with Gasteiger partial charge in [-0.3, -0.25) is 19.2 Å². The fraction of sp³-hybridized carbons (Fsp3) is 0.621. The predicted molar refractivity (Wildman–Crippen MR) is 148 cm³/mol. The first-order chi connectivity index (χ1) is 19.0. The van der Waals surface area contributed by atoms with E-state index in [9.17, 15) is 24.0 Å². The third-order valence-corrected chi connectivity index (χ3v) is 7.97. The maximum absolute atomic E-state index is 13.3. The van der Waals surface area contributed by atoms with Gasteiger partial charge in [0.25, 0.3) is 5.91 Å². The summed E-state index contributed by atoms with van der Waals surface area (Å²) in [5, 5.41) is 2.95. The second-order valence-electron chi connectivity index (χ2n) is 11.7. The monoisotopic (exact) mass is 555 g/mol. The largest absolute Gasteiger partial charge is 0.450 e. The Morgan fingerprint density at radius 1 is 0.900 bits per heavy atom. The lowest BCUT2D eigenvalue weighted by Crippen LogP contribution is -2.50. The minimum absolute atomic E-state index is 0.00852. The number of hydrogen-bond acceptors (Lipinski definition) is 6. The number of para-hydroxylation sites is 1. The van der Waals surface area contributed by atoms with Crippen LogP contribution in [0.25, 0.3) is 0 Å². The highest BCUT2D eigenvalue weighted by Crippen LogP contribution is 2.29. The molecule has 0 spiro atoms. The van der Waals surface area contributed by atoms with Crippen LogP contribution in [0.2, 0.25) is 0 Å². The Bertz CT molecular complexity index is 1130. The van der Waals surface area contributed by atoms with Crippen LogP contribution in [0.5, 0.6) is 0 Å². The van der Waals surface area contributed by atoms with Crippen LogP contribution in [0.15, 0.2) is 24.3 Å². The van der Waals surface area contributed by atoms with Crippen molar-refractivity contribution in [2.45, 2.75) is 52.5 Å². The third kappa shape index (κ3) is 6.56. The number of piperazine rings is 1. The molecule has 0 aliphatic carbocycles. The molecule has 1 N–H and O–H groups in total. The van der Waals surface area contributed by atoms with E-state index in [0.29, 0.717) is 76.5 Å². The van der Waals surface area contributed by atoms with Gasteiger partial charge in [0, 0.05) is 63.7 Å². The van der Waals surface area contributed by atoms with Crippen LogP contribution in [-0.2, 0) is 19.1 Å². The van der Waals surface area contributed by atoms with Crippen LogP contribution in [0, 0.1) is 11.8 Å². The van der Waals surface area contributed by atoms with Crippen molar-refractivity contribution in [3.8, 4) is 0 Å². The summed E-state index contributed by atoms with van der Waals surface area (Å²) >= 11 is 0. The minimum Gasteiger partial charge on any atom is -0.450 e. The number of hydrogen-bond donors (Lipinski definition) is 1. The van der Waals surface area contributed by atoms with Gasteiger partial charge in [-0.2, -0.15) is 0 Å². The number of rotatable bonds is 5. The number of anilines is 1. The molecular weight excluding hydrogens is 514 g/mol. The van der Waals surface area contributed by atoms with Crippen molar-refractivity contribution >= 4 is 35.4 Å². The van der Waals surface area contributed by atoms with E-state index in [1.165, 1.54) is 0 Å². The predicted octanol–water partition coefficient (Wildman–Crippen LogP) is 2.43. The second kappa shape index (κ2) is 12.3. The maximum atomic E-state index is 13.3. The Hall–Kier alpha value is -3.63. The van der Waals surface area contributed by atoms with Gasteiger partial charge in [0.2, 0.25) is 17.7 Å². The molecule has 1 atom stereocenters. The van der Waals surface area contributed by atoms with Gasteiger partial charge in [-0.15, -0.1) is 0 Å². The molecule has 1 aromatic carbocycles. The first kappa shape index (κ1) is 29.4. The summed E-state index contributed by atoms with van der Waals surface area (Å²) in [5.41, 5.74) is 0.546. The van der Waals surface area contributed by atoms with Gasteiger partial charge in [-0.05, 0) is 52.7 Å². The molecule has 1 aromatic rings. The average molecular weight is 556 g/mol. The molecule has 3 saturated heterocycles. The summed E-state index contributed by atoms with van der Waals surface area (Å²) in [7, 11) is 0. The Labute approximate surface area is 235 Å². The summed E-state index contributed by atoms with van der Waals surface area (Å²) in [6, 6.07) is 6.95. The van der Waals surface area contributed by atoms with Crippen molar-refractivity contribution < 1.29 is 28.7 Å². The first-order valence-electron chi connectivity index (χ1n) is 14.2. The number of nitrogens with one attached hydrogen (secondary N) is 1. The van der Waals surface area contributed by atoms with Gasteiger partial charge in [0.05, 0.1) is 23.8 Å². The van der Waals surface area contributed by atoms with Crippen LogP contribution in [0.1, 0.15) is 57.3 Å². The number of amides is 5. The minimum atomic E-state index is -0.376. The molecule has 218 valence electrons. The van der Waals surface area contributed by atoms with Gasteiger partial charge in [-0.25, -0.2) is 4.79 Å². The number of benzene rings is 1. The highest BCUT2D eigenvalue weighted by molar-refractivity contribution is 6.04. The zero-order chi connectivity index (χ0) is 29.0. The molecule has 3 heterocycles. The van der Waals surface area contributed by atoms with Crippen molar-refractivity contribution in [3.63, 3.8) is 0 Å². The Kier molecular flexibility index (Phi) is 9.00. The number of ether oxygens (including phenoxy) is 1. The zero-order valence-corrected chi connectivity index (χ0v) is 24.0.